The van der Waals surface area contributed by atoms with E-state index in [-0.39, 0.29) is 0 Å². The molecule has 0 aliphatic carbocycles. The van der Waals surface area contributed by atoms with Crippen molar-refractivity contribution in [3.8, 4) is 0 Å². The SMILES string of the molecule is Cc1nn(C2CCOC2)cc1CNC(C)C. The van der Waals surface area contributed by atoms with Crippen LogP contribution in [0.4, 0.5) is 0 Å². The second kappa shape index (κ2) is 4.97. The summed E-state index contributed by atoms with van der Waals surface area (Å²) in [5.41, 5.74) is 2.42. The molecule has 0 bridgehead atoms. The molecular weight excluding hydrogens is 202 g/mol. The van der Waals surface area contributed by atoms with Gasteiger partial charge in [0, 0.05) is 31.0 Å². The molecule has 1 N–H and O–H groups in total. The Labute approximate surface area is 97.0 Å². The fourth-order valence-electron chi connectivity index (χ4n) is 1.92. The molecule has 2 rings (SSSR count). The lowest BCUT2D eigenvalue weighted by Gasteiger charge is -2.07. The Bertz CT molecular complexity index is 340. The van der Waals surface area contributed by atoms with Gasteiger partial charge in [-0.2, -0.15) is 5.10 Å². The molecule has 90 valence electrons. The third-order valence-corrected chi connectivity index (χ3v) is 3.00. The first-order valence-corrected chi connectivity index (χ1v) is 6.02. The molecule has 1 unspecified atom stereocenters. The summed E-state index contributed by atoms with van der Waals surface area (Å²) in [5.74, 6) is 0. The normalized spacial score (nSPS) is 20.9. The maximum atomic E-state index is 5.38. The van der Waals surface area contributed by atoms with E-state index in [0.29, 0.717) is 12.1 Å². The van der Waals surface area contributed by atoms with Crippen LogP contribution in [0, 0.1) is 6.92 Å². The highest BCUT2D eigenvalue weighted by Gasteiger charge is 2.19. The second-order valence-electron chi connectivity index (χ2n) is 4.77. The van der Waals surface area contributed by atoms with Gasteiger partial charge in [0.2, 0.25) is 0 Å². The summed E-state index contributed by atoms with van der Waals surface area (Å²) < 4.78 is 7.45. The van der Waals surface area contributed by atoms with Crippen molar-refractivity contribution >= 4 is 0 Å². The molecule has 0 aromatic carbocycles. The number of rotatable bonds is 4. The van der Waals surface area contributed by atoms with E-state index in [4.69, 9.17) is 4.74 Å². The summed E-state index contributed by atoms with van der Waals surface area (Å²) in [6.45, 7) is 8.96. The Morgan fingerprint density at radius 3 is 3.06 bits per heavy atom. The molecule has 4 heteroatoms. The zero-order valence-electron chi connectivity index (χ0n) is 10.4. The molecule has 0 saturated carbocycles. The summed E-state index contributed by atoms with van der Waals surface area (Å²) in [4.78, 5) is 0. The fraction of sp³-hybridized carbons (Fsp3) is 0.750. The molecule has 1 aliphatic heterocycles. The minimum atomic E-state index is 0.437. The molecule has 1 aromatic heterocycles. The standard InChI is InChI=1S/C12H21N3O/c1-9(2)13-6-11-7-15(14-10(11)3)12-4-5-16-8-12/h7,9,12-13H,4-6,8H2,1-3H3. The van der Waals surface area contributed by atoms with Crippen LogP contribution in [0.15, 0.2) is 6.20 Å². The van der Waals surface area contributed by atoms with Crippen LogP contribution in [0.2, 0.25) is 0 Å². The van der Waals surface area contributed by atoms with E-state index in [1.165, 1.54) is 5.56 Å². The lowest BCUT2D eigenvalue weighted by molar-refractivity contribution is 0.184. The van der Waals surface area contributed by atoms with Crippen molar-refractivity contribution in [2.45, 2.75) is 45.8 Å². The third kappa shape index (κ3) is 2.62. The van der Waals surface area contributed by atoms with E-state index >= 15 is 0 Å². The monoisotopic (exact) mass is 223 g/mol. The van der Waals surface area contributed by atoms with Crippen molar-refractivity contribution in [3.63, 3.8) is 0 Å². The zero-order chi connectivity index (χ0) is 11.5. The molecule has 1 aromatic rings. The molecule has 0 radical (unpaired) electrons. The number of hydrogen-bond donors (Lipinski definition) is 1. The van der Waals surface area contributed by atoms with Gasteiger partial charge in [0.15, 0.2) is 0 Å². The Morgan fingerprint density at radius 1 is 1.62 bits per heavy atom. The predicted octanol–water partition coefficient (Wildman–Crippen LogP) is 1.65. The molecule has 2 heterocycles. The van der Waals surface area contributed by atoms with Crippen molar-refractivity contribution in [1.29, 1.82) is 0 Å². The molecule has 16 heavy (non-hydrogen) atoms. The van der Waals surface area contributed by atoms with Crippen LogP contribution in [0.1, 0.15) is 37.6 Å². The first-order chi connectivity index (χ1) is 7.66. The molecule has 1 fully saturated rings. The van der Waals surface area contributed by atoms with E-state index in [1.807, 2.05) is 0 Å². The second-order valence-corrected chi connectivity index (χ2v) is 4.77. The van der Waals surface area contributed by atoms with Crippen LogP contribution in [0.5, 0.6) is 0 Å². The van der Waals surface area contributed by atoms with E-state index in [2.05, 4.69) is 42.1 Å². The Morgan fingerprint density at radius 2 is 2.44 bits per heavy atom. The zero-order valence-corrected chi connectivity index (χ0v) is 10.4. The highest BCUT2D eigenvalue weighted by Crippen LogP contribution is 2.19. The molecule has 1 aliphatic rings. The van der Waals surface area contributed by atoms with Gasteiger partial charge in [0.1, 0.15) is 0 Å². The van der Waals surface area contributed by atoms with Gasteiger partial charge >= 0.3 is 0 Å². The van der Waals surface area contributed by atoms with Crippen LogP contribution in [0.3, 0.4) is 0 Å². The quantitative estimate of drug-likeness (QED) is 0.843. The summed E-state index contributed by atoms with van der Waals surface area (Å²) in [5, 5.41) is 7.99. The highest BCUT2D eigenvalue weighted by molar-refractivity contribution is 5.15. The van der Waals surface area contributed by atoms with Crippen molar-refractivity contribution < 1.29 is 4.74 Å². The van der Waals surface area contributed by atoms with Gasteiger partial charge in [-0.1, -0.05) is 13.8 Å². The topological polar surface area (TPSA) is 39.1 Å². The summed E-state index contributed by atoms with van der Waals surface area (Å²) in [6, 6.07) is 0.948. The summed E-state index contributed by atoms with van der Waals surface area (Å²) in [6.07, 6.45) is 3.24. The number of hydrogen-bond acceptors (Lipinski definition) is 3. The van der Waals surface area contributed by atoms with Crippen molar-refractivity contribution in [3.05, 3.63) is 17.5 Å². The number of aromatic nitrogens is 2. The van der Waals surface area contributed by atoms with Crippen LogP contribution in [-0.4, -0.2) is 29.0 Å². The van der Waals surface area contributed by atoms with Crippen molar-refractivity contribution in [2.75, 3.05) is 13.2 Å². The van der Waals surface area contributed by atoms with E-state index in [9.17, 15) is 0 Å². The summed E-state index contributed by atoms with van der Waals surface area (Å²) >= 11 is 0. The third-order valence-electron chi connectivity index (χ3n) is 3.00. The molecule has 4 nitrogen and oxygen atoms in total. The summed E-state index contributed by atoms with van der Waals surface area (Å²) in [7, 11) is 0. The molecule has 0 spiro atoms. The number of aryl methyl sites for hydroxylation is 1. The van der Waals surface area contributed by atoms with E-state index < -0.39 is 0 Å². The van der Waals surface area contributed by atoms with Gasteiger partial charge < -0.3 is 10.1 Å². The lowest BCUT2D eigenvalue weighted by atomic mass is 10.2. The van der Waals surface area contributed by atoms with Crippen LogP contribution >= 0.6 is 0 Å². The van der Waals surface area contributed by atoms with Gasteiger partial charge in [-0.25, -0.2) is 0 Å². The predicted molar refractivity (Wildman–Crippen MR) is 63.4 cm³/mol. The largest absolute Gasteiger partial charge is 0.379 e. The van der Waals surface area contributed by atoms with E-state index in [0.717, 1.165) is 31.9 Å². The number of ether oxygens (including phenoxy) is 1. The first-order valence-electron chi connectivity index (χ1n) is 6.02. The number of nitrogens with zero attached hydrogens (tertiary/aromatic N) is 2. The average Bonchev–Trinajstić information content (AvgIpc) is 2.83. The van der Waals surface area contributed by atoms with Crippen LogP contribution in [-0.2, 0) is 11.3 Å². The van der Waals surface area contributed by atoms with Crippen molar-refractivity contribution in [2.24, 2.45) is 0 Å². The maximum absolute atomic E-state index is 5.38. The smallest absolute Gasteiger partial charge is 0.0774 e. The molecular formula is C12H21N3O. The molecule has 0 amide bonds. The van der Waals surface area contributed by atoms with Crippen LogP contribution < -0.4 is 5.32 Å². The lowest BCUT2D eigenvalue weighted by Crippen LogP contribution is -2.21. The number of nitrogens with one attached hydrogen (secondary N) is 1. The molecule has 1 saturated heterocycles. The minimum Gasteiger partial charge on any atom is -0.379 e. The van der Waals surface area contributed by atoms with Gasteiger partial charge in [0.05, 0.1) is 18.3 Å². The van der Waals surface area contributed by atoms with Gasteiger partial charge in [0.25, 0.3) is 0 Å². The van der Waals surface area contributed by atoms with Gasteiger partial charge in [-0.05, 0) is 13.3 Å². The maximum Gasteiger partial charge on any atom is 0.0774 e. The Hall–Kier alpha value is -0.870. The molecule has 1 atom stereocenters. The van der Waals surface area contributed by atoms with Gasteiger partial charge in [-0.15, -0.1) is 0 Å². The first kappa shape index (κ1) is 11.6. The van der Waals surface area contributed by atoms with Gasteiger partial charge in [-0.3, -0.25) is 4.68 Å². The van der Waals surface area contributed by atoms with E-state index in [1.54, 1.807) is 0 Å². The van der Waals surface area contributed by atoms with Crippen LogP contribution in [0.25, 0.3) is 0 Å². The Kier molecular flexibility index (Phi) is 3.61. The average molecular weight is 223 g/mol. The van der Waals surface area contributed by atoms with Crippen molar-refractivity contribution in [1.82, 2.24) is 15.1 Å². The Balaban J connectivity index is 2.02. The fourth-order valence-corrected chi connectivity index (χ4v) is 1.92. The highest BCUT2D eigenvalue weighted by atomic mass is 16.5. The minimum absolute atomic E-state index is 0.437.